The predicted molar refractivity (Wildman–Crippen MR) is 111 cm³/mol. The van der Waals surface area contributed by atoms with Crippen LogP contribution in [0, 0.1) is 6.92 Å². The number of rotatable bonds is 8. The van der Waals surface area contributed by atoms with Crippen LogP contribution in [0.3, 0.4) is 0 Å². The van der Waals surface area contributed by atoms with Gasteiger partial charge in [0.25, 0.3) is 0 Å². The molecular formula is C18H25BrN4O2S. The molecule has 2 N–H and O–H groups in total. The molecule has 0 aliphatic heterocycles. The third-order valence-electron chi connectivity index (χ3n) is 3.56. The Kier molecular flexibility index (Phi) is 8.18. The van der Waals surface area contributed by atoms with Crippen molar-refractivity contribution in [2.24, 2.45) is 4.99 Å². The van der Waals surface area contributed by atoms with Crippen LogP contribution in [0.2, 0.25) is 0 Å². The van der Waals surface area contributed by atoms with Gasteiger partial charge in [-0.05, 0) is 47.5 Å². The summed E-state index contributed by atoms with van der Waals surface area (Å²) in [5.41, 5.74) is 1.03. The average molecular weight is 441 g/mol. The van der Waals surface area contributed by atoms with E-state index in [0.29, 0.717) is 18.0 Å². The van der Waals surface area contributed by atoms with Gasteiger partial charge in [-0.15, -0.1) is 11.3 Å². The molecular weight excluding hydrogens is 416 g/mol. The second kappa shape index (κ2) is 10.4. The van der Waals surface area contributed by atoms with Crippen molar-refractivity contribution in [3.8, 4) is 11.5 Å². The smallest absolute Gasteiger partial charge is 0.191 e. The van der Waals surface area contributed by atoms with E-state index >= 15 is 0 Å². The Morgan fingerprint density at radius 1 is 1.27 bits per heavy atom. The number of nitrogens with one attached hydrogen (secondary N) is 2. The van der Waals surface area contributed by atoms with Gasteiger partial charge in [-0.3, -0.25) is 0 Å². The Bertz CT molecular complexity index is 749. The first kappa shape index (κ1) is 20.5. The number of aromatic nitrogens is 1. The monoisotopic (exact) mass is 440 g/mol. The maximum Gasteiger partial charge on any atom is 0.191 e. The highest BCUT2D eigenvalue weighted by atomic mass is 79.9. The average Bonchev–Trinajstić information content (AvgIpc) is 3.04. The number of halogens is 1. The molecule has 0 aliphatic carbocycles. The Labute approximate surface area is 167 Å². The maximum atomic E-state index is 5.39. The minimum absolute atomic E-state index is 0.532. The van der Waals surface area contributed by atoms with Gasteiger partial charge in [0.15, 0.2) is 17.5 Å². The van der Waals surface area contributed by atoms with Crippen molar-refractivity contribution in [2.45, 2.75) is 26.8 Å². The lowest BCUT2D eigenvalue weighted by atomic mass is 10.2. The van der Waals surface area contributed by atoms with Gasteiger partial charge in [0.05, 0.1) is 30.2 Å². The molecule has 0 aliphatic rings. The van der Waals surface area contributed by atoms with Crippen LogP contribution < -0.4 is 20.1 Å². The topological polar surface area (TPSA) is 67.8 Å². The Balaban J connectivity index is 2.00. The maximum absolute atomic E-state index is 5.39. The van der Waals surface area contributed by atoms with Crippen molar-refractivity contribution < 1.29 is 9.47 Å². The molecule has 0 unspecified atom stereocenters. The number of methoxy groups -OCH3 is 2. The largest absolute Gasteiger partial charge is 0.493 e. The number of thiazole rings is 1. The summed E-state index contributed by atoms with van der Waals surface area (Å²) in [7, 11) is 3.25. The van der Waals surface area contributed by atoms with Crippen LogP contribution in [0.4, 0.5) is 0 Å². The van der Waals surface area contributed by atoms with E-state index in [9.17, 15) is 0 Å². The normalized spacial score (nSPS) is 11.3. The lowest BCUT2D eigenvalue weighted by molar-refractivity contribution is 0.352. The number of aryl methyl sites for hydroxylation is 1. The zero-order chi connectivity index (χ0) is 18.9. The highest BCUT2D eigenvalue weighted by Gasteiger charge is 2.10. The van der Waals surface area contributed by atoms with Gasteiger partial charge in [-0.2, -0.15) is 0 Å². The molecule has 142 valence electrons. The SMILES string of the molecule is CCNC(=NCc1cc(Br)c(OC)c(OC)c1)NCCc1ncc(C)s1. The van der Waals surface area contributed by atoms with Crippen molar-refractivity contribution in [1.29, 1.82) is 0 Å². The van der Waals surface area contributed by atoms with E-state index in [1.54, 1.807) is 25.6 Å². The molecule has 0 saturated heterocycles. The number of aliphatic imine (C=N–C) groups is 1. The van der Waals surface area contributed by atoms with Crippen molar-refractivity contribution in [2.75, 3.05) is 27.3 Å². The number of nitrogens with zero attached hydrogens (tertiary/aromatic N) is 2. The fraction of sp³-hybridized carbons (Fsp3) is 0.444. The summed E-state index contributed by atoms with van der Waals surface area (Å²) in [6.45, 7) is 6.24. The molecule has 2 rings (SSSR count). The van der Waals surface area contributed by atoms with Crippen molar-refractivity contribution >= 4 is 33.2 Å². The van der Waals surface area contributed by atoms with Gasteiger partial charge in [0, 0.05) is 30.6 Å². The number of ether oxygens (including phenoxy) is 2. The molecule has 0 fully saturated rings. The summed E-state index contributed by atoms with van der Waals surface area (Å²) in [5, 5.41) is 7.75. The quantitative estimate of drug-likeness (QED) is 0.485. The van der Waals surface area contributed by atoms with Gasteiger partial charge in [0.2, 0.25) is 0 Å². The number of benzene rings is 1. The summed E-state index contributed by atoms with van der Waals surface area (Å²) in [4.78, 5) is 10.3. The third kappa shape index (κ3) is 5.88. The zero-order valence-corrected chi connectivity index (χ0v) is 18.0. The first-order valence-corrected chi connectivity index (χ1v) is 10.0. The van der Waals surface area contributed by atoms with Crippen molar-refractivity contribution in [3.63, 3.8) is 0 Å². The van der Waals surface area contributed by atoms with E-state index in [4.69, 9.17) is 9.47 Å². The summed E-state index contributed by atoms with van der Waals surface area (Å²) in [5.74, 6) is 2.15. The fourth-order valence-corrected chi connectivity index (χ4v) is 3.82. The van der Waals surface area contributed by atoms with E-state index in [2.05, 4.69) is 43.5 Å². The van der Waals surface area contributed by atoms with E-state index in [1.165, 1.54) is 4.88 Å². The minimum atomic E-state index is 0.532. The van der Waals surface area contributed by atoms with Gasteiger partial charge < -0.3 is 20.1 Å². The van der Waals surface area contributed by atoms with Gasteiger partial charge in [0.1, 0.15) is 0 Å². The molecule has 8 heteroatoms. The lowest BCUT2D eigenvalue weighted by Crippen LogP contribution is -2.38. The lowest BCUT2D eigenvalue weighted by Gasteiger charge is -2.13. The molecule has 0 amide bonds. The second-order valence-electron chi connectivity index (χ2n) is 5.55. The molecule has 0 saturated carbocycles. The number of hydrogen-bond acceptors (Lipinski definition) is 5. The summed E-state index contributed by atoms with van der Waals surface area (Å²) >= 11 is 5.25. The number of guanidine groups is 1. The summed E-state index contributed by atoms with van der Waals surface area (Å²) in [6, 6.07) is 3.93. The Hall–Kier alpha value is -1.80. The Morgan fingerprint density at radius 2 is 2.08 bits per heavy atom. The van der Waals surface area contributed by atoms with Crippen LogP contribution in [0.1, 0.15) is 22.4 Å². The standard InChI is InChI=1S/C18H25BrN4O2S/c1-5-20-18(21-7-6-16-22-10-12(2)26-16)23-11-13-8-14(19)17(25-4)15(9-13)24-3/h8-10H,5-7,11H2,1-4H3,(H2,20,21,23). The van der Waals surface area contributed by atoms with Gasteiger partial charge in [-0.1, -0.05) is 0 Å². The molecule has 2 aromatic rings. The van der Waals surface area contributed by atoms with Crippen LogP contribution >= 0.6 is 27.3 Å². The highest BCUT2D eigenvalue weighted by molar-refractivity contribution is 9.10. The van der Waals surface area contributed by atoms with E-state index in [-0.39, 0.29) is 0 Å². The predicted octanol–water partition coefficient (Wildman–Crippen LogP) is 3.53. The molecule has 1 aromatic carbocycles. The first-order valence-electron chi connectivity index (χ1n) is 8.41. The first-order chi connectivity index (χ1) is 12.6. The van der Waals surface area contributed by atoms with E-state index in [1.807, 2.05) is 25.3 Å². The van der Waals surface area contributed by atoms with Crippen LogP contribution in [-0.2, 0) is 13.0 Å². The van der Waals surface area contributed by atoms with Crippen LogP contribution in [0.5, 0.6) is 11.5 Å². The molecule has 1 aromatic heterocycles. The summed E-state index contributed by atoms with van der Waals surface area (Å²) in [6.07, 6.45) is 2.79. The van der Waals surface area contributed by atoms with E-state index in [0.717, 1.165) is 40.5 Å². The summed E-state index contributed by atoms with van der Waals surface area (Å²) < 4.78 is 11.6. The molecule has 26 heavy (non-hydrogen) atoms. The molecule has 0 atom stereocenters. The van der Waals surface area contributed by atoms with Crippen LogP contribution in [0.25, 0.3) is 0 Å². The van der Waals surface area contributed by atoms with Gasteiger partial charge in [-0.25, -0.2) is 9.98 Å². The fourth-order valence-electron chi connectivity index (χ4n) is 2.38. The van der Waals surface area contributed by atoms with E-state index < -0.39 is 0 Å². The number of hydrogen-bond donors (Lipinski definition) is 2. The highest BCUT2D eigenvalue weighted by Crippen LogP contribution is 2.36. The van der Waals surface area contributed by atoms with Crippen molar-refractivity contribution in [3.05, 3.63) is 38.3 Å². The molecule has 1 heterocycles. The third-order valence-corrected chi connectivity index (χ3v) is 5.12. The Morgan fingerprint density at radius 3 is 2.69 bits per heavy atom. The minimum Gasteiger partial charge on any atom is -0.493 e. The van der Waals surface area contributed by atoms with Crippen LogP contribution in [0.15, 0.2) is 27.8 Å². The second-order valence-corrected chi connectivity index (χ2v) is 7.72. The van der Waals surface area contributed by atoms with Crippen molar-refractivity contribution in [1.82, 2.24) is 15.6 Å². The molecule has 0 bridgehead atoms. The van der Waals surface area contributed by atoms with Crippen LogP contribution in [-0.4, -0.2) is 38.3 Å². The van der Waals surface area contributed by atoms with Gasteiger partial charge >= 0.3 is 0 Å². The molecule has 0 radical (unpaired) electrons. The zero-order valence-electron chi connectivity index (χ0n) is 15.6. The molecule has 0 spiro atoms. The molecule has 6 nitrogen and oxygen atoms in total.